The smallest absolute Gasteiger partial charge is 0.244 e. The molecule has 0 radical (unpaired) electrons. The fourth-order valence-corrected chi connectivity index (χ4v) is 2.10. The van der Waals surface area contributed by atoms with Crippen molar-refractivity contribution in [3.05, 3.63) is 36.0 Å². The lowest BCUT2D eigenvalue weighted by Gasteiger charge is -2.07. The summed E-state index contributed by atoms with van der Waals surface area (Å²) in [6.45, 7) is 0.997. The minimum Gasteiger partial charge on any atom is -0.322 e. The summed E-state index contributed by atoms with van der Waals surface area (Å²) in [7, 11) is 4.09. The van der Waals surface area contributed by atoms with Crippen molar-refractivity contribution in [2.24, 2.45) is 5.73 Å². The first kappa shape index (κ1) is 12.8. The van der Waals surface area contributed by atoms with Crippen molar-refractivity contribution in [2.75, 3.05) is 27.2 Å². The summed E-state index contributed by atoms with van der Waals surface area (Å²) in [4.78, 5) is 13.9. The molecule has 2 rings (SSSR count). The first-order valence-electron chi connectivity index (χ1n) is 6.10. The minimum absolute atomic E-state index is 0.0335. The fourth-order valence-electron chi connectivity index (χ4n) is 2.10. The molecule has 1 aromatic carbocycles. The molecule has 1 heterocycles. The molecule has 4 heteroatoms. The predicted molar refractivity (Wildman–Crippen MR) is 73.9 cm³/mol. The largest absolute Gasteiger partial charge is 0.322 e. The SMILES string of the molecule is CN(C)CCc1cn(C(=O)CN)c2ccccc12. The lowest BCUT2D eigenvalue weighted by atomic mass is 10.1. The number of carbonyl (C=O) groups is 1. The molecule has 0 fully saturated rings. The van der Waals surface area contributed by atoms with Gasteiger partial charge in [-0.2, -0.15) is 0 Å². The van der Waals surface area contributed by atoms with E-state index < -0.39 is 0 Å². The molecule has 2 N–H and O–H groups in total. The number of nitrogens with zero attached hydrogens (tertiary/aromatic N) is 2. The molecule has 0 unspecified atom stereocenters. The van der Waals surface area contributed by atoms with Gasteiger partial charge in [-0.3, -0.25) is 9.36 Å². The highest BCUT2D eigenvalue weighted by Gasteiger charge is 2.11. The third-order valence-corrected chi connectivity index (χ3v) is 3.07. The number of rotatable bonds is 4. The molecule has 0 aliphatic rings. The zero-order valence-electron chi connectivity index (χ0n) is 10.9. The second-order valence-electron chi connectivity index (χ2n) is 4.69. The van der Waals surface area contributed by atoms with Crippen molar-refractivity contribution >= 4 is 16.8 Å². The number of aromatic nitrogens is 1. The quantitative estimate of drug-likeness (QED) is 0.884. The standard InChI is InChI=1S/C14H19N3O/c1-16(2)8-7-11-10-17(14(18)9-15)13-6-4-3-5-12(11)13/h3-6,10H,7-9,15H2,1-2H3. The molecule has 4 nitrogen and oxygen atoms in total. The van der Waals surface area contributed by atoms with Crippen molar-refractivity contribution in [3.8, 4) is 0 Å². The highest BCUT2D eigenvalue weighted by molar-refractivity contribution is 5.95. The maximum absolute atomic E-state index is 11.8. The van der Waals surface area contributed by atoms with E-state index in [1.54, 1.807) is 4.57 Å². The minimum atomic E-state index is -0.0673. The number of fused-ring (bicyclic) bond motifs is 1. The summed E-state index contributed by atoms with van der Waals surface area (Å²) in [6.07, 6.45) is 2.85. The Balaban J connectivity index is 2.44. The molecule has 18 heavy (non-hydrogen) atoms. The molecule has 0 aliphatic carbocycles. The Hall–Kier alpha value is -1.65. The van der Waals surface area contributed by atoms with Gasteiger partial charge in [0.25, 0.3) is 0 Å². The molecule has 0 saturated carbocycles. The molecule has 0 spiro atoms. The van der Waals surface area contributed by atoms with E-state index in [0.29, 0.717) is 0 Å². The summed E-state index contributed by atoms with van der Waals surface area (Å²) in [5.41, 5.74) is 7.59. The van der Waals surface area contributed by atoms with Crippen molar-refractivity contribution < 1.29 is 4.79 Å². The van der Waals surface area contributed by atoms with Crippen molar-refractivity contribution in [2.45, 2.75) is 6.42 Å². The molecule has 1 aromatic heterocycles. The fraction of sp³-hybridized carbons (Fsp3) is 0.357. The van der Waals surface area contributed by atoms with Gasteiger partial charge in [-0.15, -0.1) is 0 Å². The van der Waals surface area contributed by atoms with E-state index in [0.717, 1.165) is 23.9 Å². The van der Waals surface area contributed by atoms with E-state index >= 15 is 0 Å². The molecule has 2 aromatic rings. The number of hydrogen-bond acceptors (Lipinski definition) is 3. The summed E-state index contributed by atoms with van der Waals surface area (Å²) in [5.74, 6) is -0.0673. The van der Waals surface area contributed by atoms with Crippen LogP contribution in [0.25, 0.3) is 10.9 Å². The monoisotopic (exact) mass is 245 g/mol. The lowest BCUT2D eigenvalue weighted by Crippen LogP contribution is -2.20. The number of nitrogens with two attached hydrogens (primary N) is 1. The second-order valence-corrected chi connectivity index (χ2v) is 4.69. The van der Waals surface area contributed by atoms with Crippen LogP contribution in [-0.2, 0) is 6.42 Å². The number of likely N-dealkylation sites (N-methyl/N-ethyl adjacent to an activating group) is 1. The zero-order valence-corrected chi connectivity index (χ0v) is 10.9. The Labute approximate surface area is 107 Å². The van der Waals surface area contributed by atoms with Gasteiger partial charge < -0.3 is 10.6 Å². The highest BCUT2D eigenvalue weighted by Crippen LogP contribution is 2.21. The van der Waals surface area contributed by atoms with Crippen molar-refractivity contribution in [3.63, 3.8) is 0 Å². The van der Waals surface area contributed by atoms with Crippen LogP contribution >= 0.6 is 0 Å². The van der Waals surface area contributed by atoms with Crippen LogP contribution in [0.1, 0.15) is 10.4 Å². The normalized spacial score (nSPS) is 11.3. The van der Waals surface area contributed by atoms with Gasteiger partial charge in [-0.05, 0) is 32.1 Å². The van der Waals surface area contributed by atoms with Gasteiger partial charge in [0.05, 0.1) is 12.1 Å². The van der Waals surface area contributed by atoms with Crippen molar-refractivity contribution in [1.29, 1.82) is 0 Å². The molecule has 0 atom stereocenters. The van der Waals surface area contributed by atoms with Crippen LogP contribution in [0.3, 0.4) is 0 Å². The van der Waals surface area contributed by atoms with E-state index in [1.165, 1.54) is 5.56 Å². The van der Waals surface area contributed by atoms with Crippen LogP contribution in [0.15, 0.2) is 30.5 Å². The van der Waals surface area contributed by atoms with Gasteiger partial charge in [0.1, 0.15) is 0 Å². The summed E-state index contributed by atoms with van der Waals surface area (Å²) >= 11 is 0. The molecule has 0 amide bonds. The Kier molecular flexibility index (Phi) is 3.79. The van der Waals surface area contributed by atoms with E-state index in [1.807, 2.05) is 38.5 Å². The molecular formula is C14H19N3O. The number of para-hydroxylation sites is 1. The number of hydrogen-bond donors (Lipinski definition) is 1. The molecule has 0 bridgehead atoms. The number of carbonyl (C=O) groups excluding carboxylic acids is 1. The molecule has 96 valence electrons. The highest BCUT2D eigenvalue weighted by atomic mass is 16.2. The maximum Gasteiger partial charge on any atom is 0.244 e. The Morgan fingerprint density at radius 2 is 2.06 bits per heavy atom. The first-order chi connectivity index (χ1) is 8.63. The van der Waals surface area contributed by atoms with E-state index in [9.17, 15) is 4.79 Å². The molecular weight excluding hydrogens is 226 g/mol. The Morgan fingerprint density at radius 3 is 2.72 bits per heavy atom. The van der Waals surface area contributed by atoms with Crippen LogP contribution in [-0.4, -0.2) is 42.6 Å². The second kappa shape index (κ2) is 5.33. The summed E-state index contributed by atoms with van der Waals surface area (Å²) in [6, 6.07) is 7.96. The van der Waals surface area contributed by atoms with Crippen LogP contribution in [0.2, 0.25) is 0 Å². The lowest BCUT2D eigenvalue weighted by molar-refractivity contribution is 0.0928. The van der Waals surface area contributed by atoms with Gasteiger partial charge in [0.2, 0.25) is 5.91 Å². The molecule has 0 aliphatic heterocycles. The predicted octanol–water partition coefficient (Wildman–Crippen LogP) is 1.34. The Morgan fingerprint density at radius 1 is 1.33 bits per heavy atom. The van der Waals surface area contributed by atoms with E-state index in [2.05, 4.69) is 11.0 Å². The van der Waals surface area contributed by atoms with Gasteiger partial charge >= 0.3 is 0 Å². The van der Waals surface area contributed by atoms with Gasteiger partial charge in [-0.25, -0.2) is 0 Å². The third kappa shape index (κ3) is 2.44. The van der Waals surface area contributed by atoms with E-state index in [4.69, 9.17) is 5.73 Å². The first-order valence-corrected chi connectivity index (χ1v) is 6.10. The molecule has 0 saturated heterocycles. The van der Waals surface area contributed by atoms with Crippen LogP contribution in [0.5, 0.6) is 0 Å². The zero-order chi connectivity index (χ0) is 13.1. The maximum atomic E-state index is 11.8. The summed E-state index contributed by atoms with van der Waals surface area (Å²) < 4.78 is 1.67. The topological polar surface area (TPSA) is 51.3 Å². The van der Waals surface area contributed by atoms with E-state index in [-0.39, 0.29) is 12.5 Å². The van der Waals surface area contributed by atoms with Crippen LogP contribution in [0, 0.1) is 0 Å². The third-order valence-electron chi connectivity index (χ3n) is 3.07. The van der Waals surface area contributed by atoms with Crippen LogP contribution < -0.4 is 5.73 Å². The van der Waals surface area contributed by atoms with Gasteiger partial charge in [0, 0.05) is 18.1 Å². The van der Waals surface area contributed by atoms with Gasteiger partial charge in [-0.1, -0.05) is 18.2 Å². The number of benzene rings is 1. The van der Waals surface area contributed by atoms with Crippen LogP contribution in [0.4, 0.5) is 0 Å². The summed E-state index contributed by atoms with van der Waals surface area (Å²) in [5, 5.41) is 1.14. The average molecular weight is 245 g/mol. The van der Waals surface area contributed by atoms with Gasteiger partial charge in [0.15, 0.2) is 0 Å². The average Bonchev–Trinajstić information content (AvgIpc) is 2.74. The Bertz CT molecular complexity index is 557. The van der Waals surface area contributed by atoms with Crippen molar-refractivity contribution in [1.82, 2.24) is 9.47 Å².